The first-order valence-corrected chi connectivity index (χ1v) is 5.66. The van der Waals surface area contributed by atoms with Crippen LogP contribution in [0.4, 0.5) is 5.69 Å². The second kappa shape index (κ2) is 5.46. The van der Waals surface area contributed by atoms with Crippen molar-refractivity contribution in [2.45, 2.75) is 0 Å². The van der Waals surface area contributed by atoms with Crippen LogP contribution in [0.1, 0.15) is 16.1 Å². The molecule has 0 bridgehead atoms. The molecule has 0 aliphatic rings. The first-order chi connectivity index (χ1) is 9.13. The van der Waals surface area contributed by atoms with Crippen molar-refractivity contribution in [3.05, 3.63) is 46.9 Å². The molecule has 2 rings (SSSR count). The molecule has 0 radical (unpaired) electrons. The second-order valence-electron chi connectivity index (χ2n) is 3.58. The van der Waals surface area contributed by atoms with Gasteiger partial charge in [-0.3, -0.25) is 4.79 Å². The molecular weight excluding hydrogens is 268 g/mol. The number of carbonyl (C=O) groups is 1. The Hall–Kier alpha value is -2.45. The van der Waals surface area contributed by atoms with Crippen molar-refractivity contribution < 1.29 is 13.9 Å². The zero-order chi connectivity index (χ0) is 13.8. The molecule has 0 aliphatic carbocycles. The third-order valence-corrected chi connectivity index (χ3v) is 2.58. The molecule has 96 valence electrons. The van der Waals surface area contributed by atoms with Crippen LogP contribution in [-0.4, -0.2) is 13.0 Å². The maximum Gasteiger partial charge on any atom is 0.291 e. The van der Waals surface area contributed by atoms with E-state index in [4.69, 9.17) is 26.0 Å². The first-order valence-electron chi connectivity index (χ1n) is 5.29. The summed E-state index contributed by atoms with van der Waals surface area (Å²) in [6, 6.07) is 9.63. The summed E-state index contributed by atoms with van der Waals surface area (Å²) in [5, 5.41) is 11.5. The van der Waals surface area contributed by atoms with E-state index < -0.39 is 5.91 Å². The molecule has 1 aromatic heterocycles. The van der Waals surface area contributed by atoms with Crippen molar-refractivity contribution in [1.82, 2.24) is 0 Å². The zero-order valence-electron chi connectivity index (χ0n) is 9.94. The molecule has 0 spiro atoms. The lowest BCUT2D eigenvalue weighted by molar-refractivity contribution is 0.0996. The van der Waals surface area contributed by atoms with Crippen LogP contribution in [0.3, 0.4) is 0 Å². The topological polar surface area (TPSA) is 75.3 Å². The molecule has 1 amide bonds. The lowest BCUT2D eigenvalue weighted by atomic mass is 10.2. The van der Waals surface area contributed by atoms with E-state index in [0.29, 0.717) is 17.0 Å². The van der Waals surface area contributed by atoms with Crippen LogP contribution in [-0.2, 0) is 0 Å². The summed E-state index contributed by atoms with van der Waals surface area (Å²) < 4.78 is 10.1. The third-order valence-electron chi connectivity index (χ3n) is 2.38. The quantitative estimate of drug-likeness (QED) is 0.935. The van der Waals surface area contributed by atoms with Crippen molar-refractivity contribution >= 4 is 23.2 Å². The molecule has 1 heterocycles. The number of nitrogens with zero attached hydrogens (tertiary/aromatic N) is 1. The molecule has 0 atom stereocenters. The molecule has 0 unspecified atom stereocenters. The van der Waals surface area contributed by atoms with Crippen molar-refractivity contribution in [3.8, 4) is 11.8 Å². The van der Waals surface area contributed by atoms with E-state index in [0.717, 1.165) is 0 Å². The largest absolute Gasteiger partial charge is 0.495 e. The predicted molar refractivity (Wildman–Crippen MR) is 69.4 cm³/mol. The van der Waals surface area contributed by atoms with Crippen LogP contribution in [0.5, 0.6) is 5.75 Å². The smallest absolute Gasteiger partial charge is 0.291 e. The minimum absolute atomic E-state index is 0.0939. The Morgan fingerprint density at radius 2 is 2.21 bits per heavy atom. The maximum atomic E-state index is 11.9. The molecule has 2 aromatic rings. The number of halogens is 1. The first kappa shape index (κ1) is 13.0. The molecule has 0 saturated heterocycles. The van der Waals surface area contributed by atoms with E-state index in [1.54, 1.807) is 12.1 Å². The molecule has 5 nitrogen and oxygen atoms in total. The maximum absolute atomic E-state index is 11.9. The summed E-state index contributed by atoms with van der Waals surface area (Å²) in [7, 11) is 1.45. The summed E-state index contributed by atoms with van der Waals surface area (Å²) in [4.78, 5) is 11.9. The van der Waals surface area contributed by atoms with Gasteiger partial charge in [-0.05, 0) is 35.9 Å². The average molecular weight is 277 g/mol. The summed E-state index contributed by atoms with van der Waals surface area (Å²) in [5.74, 6) is 0.0383. The minimum Gasteiger partial charge on any atom is -0.495 e. The number of benzene rings is 1. The minimum atomic E-state index is -0.449. The van der Waals surface area contributed by atoms with Gasteiger partial charge in [-0.25, -0.2) is 0 Å². The van der Waals surface area contributed by atoms with Crippen molar-refractivity contribution in [2.24, 2.45) is 0 Å². The van der Waals surface area contributed by atoms with Crippen molar-refractivity contribution in [1.29, 1.82) is 5.26 Å². The van der Waals surface area contributed by atoms with E-state index in [2.05, 4.69) is 5.32 Å². The van der Waals surface area contributed by atoms with E-state index in [1.807, 2.05) is 6.07 Å². The number of ether oxygens (including phenoxy) is 1. The highest BCUT2D eigenvalue weighted by molar-refractivity contribution is 6.29. The molecule has 0 aliphatic heterocycles. The summed E-state index contributed by atoms with van der Waals surface area (Å²) in [5.41, 5.74) is 0.884. The highest BCUT2D eigenvalue weighted by Gasteiger charge is 2.13. The van der Waals surface area contributed by atoms with Gasteiger partial charge in [0, 0.05) is 6.07 Å². The monoisotopic (exact) mass is 276 g/mol. The van der Waals surface area contributed by atoms with Crippen LogP contribution in [0.2, 0.25) is 5.22 Å². The van der Waals surface area contributed by atoms with E-state index in [1.165, 1.54) is 25.3 Å². The number of amides is 1. The molecule has 1 aromatic carbocycles. The zero-order valence-corrected chi connectivity index (χ0v) is 10.7. The summed E-state index contributed by atoms with van der Waals surface area (Å²) in [6.07, 6.45) is 0. The Balaban J connectivity index is 2.24. The Morgan fingerprint density at radius 1 is 1.42 bits per heavy atom. The highest BCUT2D eigenvalue weighted by Crippen LogP contribution is 2.26. The fourth-order valence-corrected chi connectivity index (χ4v) is 1.63. The van der Waals surface area contributed by atoms with Crippen LogP contribution in [0, 0.1) is 11.3 Å². The fraction of sp³-hybridized carbons (Fsp3) is 0.0769. The highest BCUT2D eigenvalue weighted by atomic mass is 35.5. The summed E-state index contributed by atoms with van der Waals surface area (Å²) >= 11 is 5.60. The average Bonchev–Trinajstić information content (AvgIpc) is 2.86. The SMILES string of the molecule is COc1cc(C#N)ccc1NC(=O)c1ccc(Cl)o1. The normalized spacial score (nSPS) is 9.74. The Labute approximate surface area is 114 Å². The number of rotatable bonds is 3. The number of nitriles is 1. The van der Waals surface area contributed by atoms with Gasteiger partial charge >= 0.3 is 0 Å². The summed E-state index contributed by atoms with van der Waals surface area (Å²) in [6.45, 7) is 0. The molecule has 19 heavy (non-hydrogen) atoms. The molecule has 0 saturated carbocycles. The standard InChI is InChI=1S/C13H9ClN2O3/c1-18-11-6-8(7-15)2-3-9(11)16-13(17)10-4-5-12(14)19-10/h2-6H,1H3,(H,16,17). The van der Waals surface area contributed by atoms with Gasteiger partial charge < -0.3 is 14.5 Å². The number of hydrogen-bond acceptors (Lipinski definition) is 4. The van der Waals surface area contributed by atoms with Gasteiger partial charge in [0.15, 0.2) is 11.0 Å². The molecule has 0 fully saturated rings. The van der Waals surface area contributed by atoms with Crippen LogP contribution >= 0.6 is 11.6 Å². The van der Waals surface area contributed by atoms with E-state index in [9.17, 15) is 4.79 Å². The number of hydrogen-bond donors (Lipinski definition) is 1. The lowest BCUT2D eigenvalue weighted by Crippen LogP contribution is -2.11. The number of carbonyl (C=O) groups excluding carboxylic acids is 1. The Kier molecular flexibility index (Phi) is 3.74. The van der Waals surface area contributed by atoms with Gasteiger partial charge in [0.1, 0.15) is 5.75 Å². The molecular formula is C13H9ClN2O3. The lowest BCUT2D eigenvalue weighted by Gasteiger charge is -2.09. The number of nitrogens with one attached hydrogen (secondary N) is 1. The number of methoxy groups -OCH3 is 1. The van der Waals surface area contributed by atoms with Crippen LogP contribution < -0.4 is 10.1 Å². The van der Waals surface area contributed by atoms with Gasteiger partial charge in [-0.1, -0.05) is 0 Å². The van der Waals surface area contributed by atoms with Gasteiger partial charge in [0.25, 0.3) is 5.91 Å². The van der Waals surface area contributed by atoms with E-state index >= 15 is 0 Å². The van der Waals surface area contributed by atoms with Crippen LogP contribution in [0.25, 0.3) is 0 Å². The second-order valence-corrected chi connectivity index (χ2v) is 3.96. The Bertz CT molecular complexity index is 658. The van der Waals surface area contributed by atoms with E-state index in [-0.39, 0.29) is 11.0 Å². The van der Waals surface area contributed by atoms with Gasteiger partial charge in [-0.15, -0.1) is 0 Å². The number of anilines is 1. The predicted octanol–water partition coefficient (Wildman–Crippen LogP) is 3.07. The molecule has 6 heteroatoms. The van der Waals surface area contributed by atoms with Crippen molar-refractivity contribution in [2.75, 3.05) is 12.4 Å². The number of furan rings is 1. The van der Waals surface area contributed by atoms with Gasteiger partial charge in [0.2, 0.25) is 0 Å². The van der Waals surface area contributed by atoms with Crippen molar-refractivity contribution in [3.63, 3.8) is 0 Å². The van der Waals surface area contributed by atoms with Gasteiger partial charge in [0.05, 0.1) is 24.4 Å². The Morgan fingerprint density at radius 3 is 2.79 bits per heavy atom. The van der Waals surface area contributed by atoms with Crippen LogP contribution in [0.15, 0.2) is 34.7 Å². The fourth-order valence-electron chi connectivity index (χ4n) is 1.48. The van der Waals surface area contributed by atoms with Gasteiger partial charge in [-0.2, -0.15) is 5.26 Å². The molecule has 1 N–H and O–H groups in total. The third kappa shape index (κ3) is 2.87.